The fourth-order valence-corrected chi connectivity index (χ4v) is 3.55. The Balaban J connectivity index is 1.91. The third-order valence-electron chi connectivity index (χ3n) is 3.86. The maximum absolute atomic E-state index is 13.8. The normalized spacial score (nSPS) is 13.1. The molecular formula is C17H15F3N2O4S. The van der Waals surface area contributed by atoms with Gasteiger partial charge in [0, 0.05) is 31.2 Å². The van der Waals surface area contributed by atoms with E-state index in [9.17, 15) is 26.7 Å². The maximum atomic E-state index is 13.8. The molecule has 10 heteroatoms. The number of nitrogens with one attached hydrogen (secondary N) is 1. The molecular weight excluding hydrogens is 385 g/mol. The van der Waals surface area contributed by atoms with E-state index in [2.05, 4.69) is 0 Å². The van der Waals surface area contributed by atoms with Gasteiger partial charge >= 0.3 is 0 Å². The number of hydrogen-bond donors (Lipinski definition) is 2. The van der Waals surface area contributed by atoms with Gasteiger partial charge in [-0.2, -0.15) is 4.72 Å². The number of anilines is 1. The summed E-state index contributed by atoms with van der Waals surface area (Å²) < 4.78 is 71.7. The molecule has 1 heterocycles. The van der Waals surface area contributed by atoms with E-state index in [-0.39, 0.29) is 5.76 Å². The number of sulfonamides is 1. The number of hydrogen-bond acceptors (Lipinski definition) is 5. The van der Waals surface area contributed by atoms with Crippen molar-refractivity contribution in [1.29, 1.82) is 0 Å². The summed E-state index contributed by atoms with van der Waals surface area (Å²) in [6.45, 7) is 0. The maximum Gasteiger partial charge on any atom is 0.246 e. The zero-order valence-electron chi connectivity index (χ0n) is 14.2. The number of benzene rings is 2. The third-order valence-corrected chi connectivity index (χ3v) is 5.29. The number of aliphatic hydroxyl groups is 1. The van der Waals surface area contributed by atoms with Gasteiger partial charge in [-0.15, -0.1) is 0 Å². The van der Waals surface area contributed by atoms with Crippen molar-refractivity contribution in [3.63, 3.8) is 0 Å². The Kier molecular flexibility index (Phi) is 4.89. The van der Waals surface area contributed by atoms with Gasteiger partial charge in [0.15, 0.2) is 23.7 Å². The minimum absolute atomic E-state index is 0.146. The number of fused-ring (bicyclic) bond motifs is 1. The summed E-state index contributed by atoms with van der Waals surface area (Å²) in [5.74, 6) is -5.48. The lowest BCUT2D eigenvalue weighted by atomic mass is 10.2. The van der Waals surface area contributed by atoms with Crippen LogP contribution in [0.15, 0.2) is 45.7 Å². The van der Waals surface area contributed by atoms with Crippen LogP contribution in [0.3, 0.4) is 0 Å². The lowest BCUT2D eigenvalue weighted by Crippen LogP contribution is -2.29. The van der Waals surface area contributed by atoms with E-state index in [0.29, 0.717) is 23.1 Å². The molecule has 0 aliphatic heterocycles. The number of rotatable bonds is 5. The molecule has 0 aliphatic rings. The van der Waals surface area contributed by atoms with E-state index in [0.717, 1.165) is 5.69 Å². The highest BCUT2D eigenvalue weighted by Crippen LogP contribution is 2.28. The summed E-state index contributed by atoms with van der Waals surface area (Å²) in [6.07, 6.45) is -1.86. The molecule has 6 nitrogen and oxygen atoms in total. The highest BCUT2D eigenvalue weighted by atomic mass is 32.2. The van der Waals surface area contributed by atoms with Crippen molar-refractivity contribution >= 4 is 26.7 Å². The van der Waals surface area contributed by atoms with Crippen LogP contribution in [0.25, 0.3) is 11.0 Å². The molecule has 144 valence electrons. The number of halogens is 3. The molecule has 0 radical (unpaired) electrons. The monoisotopic (exact) mass is 400 g/mol. The molecule has 0 saturated carbocycles. The molecule has 0 spiro atoms. The molecule has 1 aromatic heterocycles. The van der Waals surface area contributed by atoms with Crippen LogP contribution in [0.2, 0.25) is 0 Å². The Morgan fingerprint density at radius 3 is 2.44 bits per heavy atom. The zero-order chi connectivity index (χ0) is 19.9. The topological polar surface area (TPSA) is 82.8 Å². The van der Waals surface area contributed by atoms with Gasteiger partial charge in [0.25, 0.3) is 0 Å². The van der Waals surface area contributed by atoms with Crippen molar-refractivity contribution in [1.82, 2.24) is 4.72 Å². The van der Waals surface area contributed by atoms with Gasteiger partial charge in [0.2, 0.25) is 10.0 Å². The van der Waals surface area contributed by atoms with Crippen LogP contribution in [0.5, 0.6) is 0 Å². The van der Waals surface area contributed by atoms with Crippen LogP contribution in [0.1, 0.15) is 12.0 Å². The Morgan fingerprint density at radius 2 is 1.78 bits per heavy atom. The van der Waals surface area contributed by atoms with Crippen molar-refractivity contribution in [2.24, 2.45) is 0 Å². The van der Waals surface area contributed by atoms with E-state index in [1.165, 1.54) is 6.07 Å². The second-order valence-electron chi connectivity index (χ2n) is 5.96. The second-order valence-corrected chi connectivity index (χ2v) is 7.65. The Labute approximate surface area is 152 Å². The summed E-state index contributed by atoms with van der Waals surface area (Å²) in [5.41, 5.74) is 1.22. The van der Waals surface area contributed by atoms with E-state index in [4.69, 9.17) is 4.42 Å². The van der Waals surface area contributed by atoms with Gasteiger partial charge in [0.05, 0.1) is 0 Å². The van der Waals surface area contributed by atoms with E-state index in [1.54, 1.807) is 22.9 Å². The molecule has 0 amide bonds. The van der Waals surface area contributed by atoms with Crippen LogP contribution in [-0.2, 0) is 10.0 Å². The van der Waals surface area contributed by atoms with Crippen molar-refractivity contribution in [2.75, 3.05) is 19.0 Å². The fraction of sp³-hybridized carbons (Fsp3) is 0.176. The molecule has 0 bridgehead atoms. The summed E-state index contributed by atoms with van der Waals surface area (Å²) in [4.78, 5) is 0.693. The SMILES string of the molecule is CN(C)c1ccc2cc(C(O)NS(=O)(=O)c3ccc(F)c(F)c3F)oc2c1. The third kappa shape index (κ3) is 3.64. The number of nitrogens with zero attached hydrogens (tertiary/aromatic N) is 1. The first-order valence-corrected chi connectivity index (χ1v) is 9.13. The minimum atomic E-state index is -4.69. The molecule has 0 aliphatic carbocycles. The fourth-order valence-electron chi connectivity index (χ4n) is 2.44. The average molecular weight is 400 g/mol. The van der Waals surface area contributed by atoms with Gasteiger partial charge in [-0.1, -0.05) is 0 Å². The first-order chi connectivity index (χ1) is 12.6. The predicted molar refractivity (Wildman–Crippen MR) is 92.1 cm³/mol. The molecule has 1 atom stereocenters. The van der Waals surface area contributed by atoms with Gasteiger partial charge in [-0.05, 0) is 30.3 Å². The Hall–Kier alpha value is -2.56. The quantitative estimate of drug-likeness (QED) is 0.508. The molecule has 0 fully saturated rings. The highest BCUT2D eigenvalue weighted by Gasteiger charge is 2.27. The molecule has 27 heavy (non-hydrogen) atoms. The van der Waals surface area contributed by atoms with Gasteiger partial charge in [-0.25, -0.2) is 21.6 Å². The van der Waals surface area contributed by atoms with Crippen molar-refractivity contribution in [2.45, 2.75) is 11.1 Å². The summed E-state index contributed by atoms with van der Waals surface area (Å²) in [5, 5.41) is 10.7. The van der Waals surface area contributed by atoms with E-state index >= 15 is 0 Å². The van der Waals surface area contributed by atoms with Crippen LogP contribution in [-0.4, -0.2) is 27.6 Å². The van der Waals surface area contributed by atoms with Gasteiger partial charge < -0.3 is 14.4 Å². The number of furan rings is 1. The van der Waals surface area contributed by atoms with Crippen molar-refractivity contribution < 1.29 is 31.1 Å². The smallest absolute Gasteiger partial charge is 0.246 e. The Bertz CT molecular complexity index is 1110. The molecule has 3 aromatic rings. The van der Waals surface area contributed by atoms with Crippen molar-refractivity contribution in [3.05, 3.63) is 59.6 Å². The molecule has 1 unspecified atom stereocenters. The van der Waals surface area contributed by atoms with Gasteiger partial charge in [0.1, 0.15) is 16.2 Å². The van der Waals surface area contributed by atoms with E-state index in [1.807, 2.05) is 19.0 Å². The molecule has 3 rings (SSSR count). The first kappa shape index (κ1) is 19.2. The first-order valence-electron chi connectivity index (χ1n) is 7.65. The zero-order valence-corrected chi connectivity index (χ0v) is 15.0. The largest absolute Gasteiger partial charge is 0.457 e. The Morgan fingerprint density at radius 1 is 1.07 bits per heavy atom. The molecule has 0 saturated heterocycles. The second kappa shape index (κ2) is 6.87. The van der Waals surface area contributed by atoms with E-state index < -0.39 is 38.6 Å². The van der Waals surface area contributed by atoms with Crippen LogP contribution >= 0.6 is 0 Å². The van der Waals surface area contributed by atoms with Crippen LogP contribution in [0, 0.1) is 17.5 Å². The van der Waals surface area contributed by atoms with Gasteiger partial charge in [-0.3, -0.25) is 0 Å². The lowest BCUT2D eigenvalue weighted by Gasteiger charge is -2.12. The highest BCUT2D eigenvalue weighted by molar-refractivity contribution is 7.89. The minimum Gasteiger partial charge on any atom is -0.457 e. The average Bonchev–Trinajstić information content (AvgIpc) is 3.02. The lowest BCUT2D eigenvalue weighted by molar-refractivity contribution is 0.141. The summed E-state index contributed by atoms with van der Waals surface area (Å²) in [7, 11) is -1.04. The standard InChI is InChI=1S/C17H15F3N2O4S/c1-22(2)10-4-3-9-7-13(26-12(9)8-10)17(23)21-27(24,25)14-6-5-11(18)15(19)16(14)20/h3-8,17,21,23H,1-2H3. The molecule has 2 aromatic carbocycles. The predicted octanol–water partition coefficient (Wildman–Crippen LogP) is 2.89. The van der Waals surface area contributed by atoms with Crippen LogP contribution < -0.4 is 9.62 Å². The number of aliphatic hydroxyl groups excluding tert-OH is 1. The van der Waals surface area contributed by atoms with Crippen LogP contribution in [0.4, 0.5) is 18.9 Å². The molecule has 2 N–H and O–H groups in total. The van der Waals surface area contributed by atoms with Crippen molar-refractivity contribution in [3.8, 4) is 0 Å². The summed E-state index contributed by atoms with van der Waals surface area (Å²) in [6, 6.07) is 7.65. The summed E-state index contributed by atoms with van der Waals surface area (Å²) >= 11 is 0.